The first-order chi connectivity index (χ1) is 9.02. The highest BCUT2D eigenvalue weighted by molar-refractivity contribution is 9.28. The molecule has 19 heavy (non-hydrogen) atoms. The highest BCUT2D eigenvalue weighted by Crippen LogP contribution is 2.28. The third-order valence-corrected chi connectivity index (χ3v) is 2.87. The summed E-state index contributed by atoms with van der Waals surface area (Å²) in [5.41, 5.74) is 0.853. The van der Waals surface area contributed by atoms with Gasteiger partial charge in [-0.2, -0.15) is 0 Å². The Morgan fingerprint density at radius 1 is 1.37 bits per heavy atom. The van der Waals surface area contributed by atoms with E-state index in [-0.39, 0.29) is 0 Å². The van der Waals surface area contributed by atoms with Crippen LogP contribution in [0.2, 0.25) is 0 Å². The van der Waals surface area contributed by atoms with Crippen LogP contribution < -0.4 is 4.74 Å². The largest absolute Gasteiger partial charge is 0.464 e. The van der Waals surface area contributed by atoms with Gasteiger partial charge in [0.05, 0.1) is 22.3 Å². The van der Waals surface area contributed by atoms with E-state index >= 15 is 0 Å². The molecule has 102 valence electrons. The van der Waals surface area contributed by atoms with Gasteiger partial charge in [-0.25, -0.2) is 4.79 Å². The predicted octanol–water partition coefficient (Wildman–Crippen LogP) is 4.99. The van der Waals surface area contributed by atoms with Crippen LogP contribution in [0.1, 0.15) is 12.5 Å². The summed E-state index contributed by atoms with van der Waals surface area (Å²) in [6.45, 7) is 2.09. The van der Waals surface area contributed by atoms with Crippen LogP contribution in [0.4, 0.5) is 0 Å². The first kappa shape index (κ1) is 16.5. The Kier molecular flexibility index (Phi) is 7.41. The number of carbonyl (C=O) groups excluding carboxylic acids is 1. The minimum atomic E-state index is -0.432. The van der Waals surface area contributed by atoms with Gasteiger partial charge in [0.15, 0.2) is 0 Å². The van der Waals surface area contributed by atoms with Crippen molar-refractivity contribution in [3.8, 4) is 5.75 Å². The summed E-state index contributed by atoms with van der Waals surface area (Å²) in [4.78, 5) is 11.1. The zero-order chi connectivity index (χ0) is 14.3. The Bertz CT molecular complexity index is 506. The van der Waals surface area contributed by atoms with E-state index in [1.807, 2.05) is 18.2 Å². The van der Waals surface area contributed by atoms with E-state index < -0.39 is 5.97 Å². The van der Waals surface area contributed by atoms with Crippen molar-refractivity contribution in [1.29, 1.82) is 0 Å². The molecule has 0 unspecified atom stereocenters. The molecule has 0 aliphatic heterocycles. The van der Waals surface area contributed by atoms with Gasteiger partial charge in [0.2, 0.25) is 0 Å². The molecule has 0 spiro atoms. The van der Waals surface area contributed by atoms with E-state index in [0.29, 0.717) is 12.4 Å². The zero-order valence-corrected chi connectivity index (χ0v) is 14.8. The van der Waals surface area contributed by atoms with Gasteiger partial charge in [-0.3, -0.25) is 0 Å². The maximum atomic E-state index is 11.1. The van der Waals surface area contributed by atoms with Crippen molar-refractivity contribution in [3.05, 3.63) is 44.0 Å². The number of halogens is 3. The van der Waals surface area contributed by atoms with Gasteiger partial charge in [-0.1, -0.05) is 15.9 Å². The molecule has 0 heterocycles. The summed E-state index contributed by atoms with van der Waals surface area (Å²) < 4.78 is 11.9. The maximum Gasteiger partial charge on any atom is 0.333 e. The van der Waals surface area contributed by atoms with Gasteiger partial charge in [-0.05, 0) is 63.1 Å². The zero-order valence-electron chi connectivity index (χ0n) is 10.0. The van der Waals surface area contributed by atoms with E-state index in [4.69, 9.17) is 9.47 Å². The average molecular weight is 455 g/mol. The Balaban J connectivity index is 2.83. The standard InChI is InChI=1S/C13H11Br3O3/c1-2-18-13(17)5-6-19-11-4-3-10(14)7-9(11)8-12(15)16/h3-8H,2H2,1H3/b6-5+. The fraction of sp³-hybridized carbons (Fsp3) is 0.154. The highest BCUT2D eigenvalue weighted by atomic mass is 79.9. The third kappa shape index (κ3) is 6.40. The Labute approximate surface area is 137 Å². The van der Waals surface area contributed by atoms with Crippen molar-refractivity contribution in [2.24, 2.45) is 0 Å². The molecule has 0 saturated heterocycles. The lowest BCUT2D eigenvalue weighted by Gasteiger charge is -2.05. The van der Waals surface area contributed by atoms with Crippen LogP contribution in [0.5, 0.6) is 5.75 Å². The normalized spacial score (nSPS) is 10.3. The van der Waals surface area contributed by atoms with Crippen molar-refractivity contribution in [1.82, 2.24) is 0 Å². The molecule has 1 rings (SSSR count). The van der Waals surface area contributed by atoms with Crippen LogP contribution in [-0.2, 0) is 9.53 Å². The van der Waals surface area contributed by atoms with E-state index in [9.17, 15) is 4.79 Å². The van der Waals surface area contributed by atoms with Crippen molar-refractivity contribution in [2.45, 2.75) is 6.92 Å². The summed E-state index contributed by atoms with van der Waals surface area (Å²) in [5, 5.41) is 0. The summed E-state index contributed by atoms with van der Waals surface area (Å²) >= 11 is 9.98. The molecular formula is C13H11Br3O3. The number of hydrogen-bond donors (Lipinski definition) is 0. The highest BCUT2D eigenvalue weighted by Gasteiger charge is 2.02. The minimum absolute atomic E-state index is 0.339. The SMILES string of the molecule is CCOC(=O)/C=C/Oc1ccc(Br)cc1C=C(Br)Br. The molecule has 0 amide bonds. The van der Waals surface area contributed by atoms with Crippen molar-refractivity contribution < 1.29 is 14.3 Å². The lowest BCUT2D eigenvalue weighted by molar-refractivity contribution is -0.137. The first-order valence-electron chi connectivity index (χ1n) is 5.35. The smallest absolute Gasteiger partial charge is 0.333 e. The fourth-order valence-corrected chi connectivity index (χ4v) is 2.08. The molecule has 1 aromatic rings. The van der Waals surface area contributed by atoms with Crippen molar-refractivity contribution >= 4 is 59.8 Å². The van der Waals surface area contributed by atoms with Gasteiger partial charge < -0.3 is 9.47 Å². The van der Waals surface area contributed by atoms with E-state index in [0.717, 1.165) is 13.4 Å². The van der Waals surface area contributed by atoms with Gasteiger partial charge in [-0.15, -0.1) is 0 Å². The van der Waals surface area contributed by atoms with Gasteiger partial charge in [0, 0.05) is 10.0 Å². The van der Waals surface area contributed by atoms with E-state index in [1.54, 1.807) is 13.0 Å². The molecule has 0 N–H and O–H groups in total. The second kappa shape index (κ2) is 8.55. The Morgan fingerprint density at radius 3 is 2.74 bits per heavy atom. The summed E-state index contributed by atoms with van der Waals surface area (Å²) in [6.07, 6.45) is 4.39. The summed E-state index contributed by atoms with van der Waals surface area (Å²) in [5.74, 6) is 0.193. The lowest BCUT2D eigenvalue weighted by Crippen LogP contribution is -1.99. The Morgan fingerprint density at radius 2 is 2.11 bits per heavy atom. The van der Waals surface area contributed by atoms with Crippen molar-refractivity contribution in [3.63, 3.8) is 0 Å². The van der Waals surface area contributed by atoms with Gasteiger partial charge in [0.25, 0.3) is 0 Å². The molecule has 1 aromatic carbocycles. The van der Waals surface area contributed by atoms with Crippen LogP contribution in [0, 0.1) is 0 Å². The molecule has 0 aliphatic rings. The second-order valence-electron chi connectivity index (χ2n) is 3.29. The number of benzene rings is 1. The number of rotatable bonds is 5. The summed E-state index contributed by atoms with van der Waals surface area (Å²) in [7, 11) is 0. The van der Waals surface area contributed by atoms with Crippen LogP contribution in [0.3, 0.4) is 0 Å². The number of esters is 1. The van der Waals surface area contributed by atoms with Crippen molar-refractivity contribution in [2.75, 3.05) is 6.61 Å². The van der Waals surface area contributed by atoms with Crippen LogP contribution in [0.15, 0.2) is 38.4 Å². The molecule has 0 saturated carbocycles. The average Bonchev–Trinajstić information content (AvgIpc) is 2.31. The molecule has 0 bridgehead atoms. The molecule has 0 fully saturated rings. The molecular weight excluding hydrogens is 444 g/mol. The van der Waals surface area contributed by atoms with E-state index in [1.165, 1.54) is 12.3 Å². The monoisotopic (exact) mass is 452 g/mol. The van der Waals surface area contributed by atoms with Gasteiger partial charge in [0.1, 0.15) is 5.75 Å². The molecule has 0 radical (unpaired) electrons. The number of hydrogen-bond acceptors (Lipinski definition) is 3. The maximum absolute atomic E-state index is 11.1. The topological polar surface area (TPSA) is 35.5 Å². The summed E-state index contributed by atoms with van der Waals surface area (Å²) in [6, 6.07) is 5.55. The predicted molar refractivity (Wildman–Crippen MR) is 86.4 cm³/mol. The minimum Gasteiger partial charge on any atom is -0.464 e. The number of ether oxygens (including phenoxy) is 2. The molecule has 0 aliphatic carbocycles. The lowest BCUT2D eigenvalue weighted by atomic mass is 10.2. The van der Waals surface area contributed by atoms with Crippen LogP contribution >= 0.6 is 47.8 Å². The molecule has 0 atom stereocenters. The van der Waals surface area contributed by atoms with Crippen LogP contribution in [-0.4, -0.2) is 12.6 Å². The first-order valence-corrected chi connectivity index (χ1v) is 7.73. The van der Waals surface area contributed by atoms with Gasteiger partial charge >= 0.3 is 5.97 Å². The fourth-order valence-electron chi connectivity index (χ4n) is 1.21. The van der Waals surface area contributed by atoms with Crippen LogP contribution in [0.25, 0.3) is 6.08 Å². The Hall–Kier alpha value is -0.590. The van der Waals surface area contributed by atoms with E-state index in [2.05, 4.69) is 47.8 Å². The molecule has 3 nitrogen and oxygen atoms in total. The molecule has 0 aromatic heterocycles. The quantitative estimate of drug-likeness (QED) is 0.357. The molecule has 6 heteroatoms. The second-order valence-corrected chi connectivity index (χ2v) is 6.98. The third-order valence-electron chi connectivity index (χ3n) is 1.92. The number of carbonyl (C=O) groups is 1.